The van der Waals surface area contributed by atoms with Gasteiger partial charge in [-0.15, -0.1) is 0 Å². The highest BCUT2D eigenvalue weighted by molar-refractivity contribution is 7.89. The summed E-state index contributed by atoms with van der Waals surface area (Å²) in [4.78, 5) is 0.384. The maximum Gasteiger partial charge on any atom is 0.243 e. The minimum Gasteiger partial charge on any atom is -0.494 e. The number of nitrogens with zero attached hydrogens (tertiary/aromatic N) is 1. The average Bonchev–Trinajstić information content (AvgIpc) is 2.92. The molecule has 0 aliphatic carbocycles. The van der Waals surface area contributed by atoms with Gasteiger partial charge in [0.15, 0.2) is 0 Å². The molecule has 2 heterocycles. The van der Waals surface area contributed by atoms with Gasteiger partial charge in [-0.05, 0) is 56.9 Å². The van der Waals surface area contributed by atoms with Crippen molar-refractivity contribution in [2.75, 3.05) is 32.9 Å². The number of aryl methyl sites for hydroxylation is 1. The van der Waals surface area contributed by atoms with Crippen LogP contribution in [0.3, 0.4) is 0 Å². The van der Waals surface area contributed by atoms with Crippen molar-refractivity contribution in [3.63, 3.8) is 0 Å². The highest BCUT2D eigenvalue weighted by Crippen LogP contribution is 2.40. The SMILES string of the molecule is CCOc1ccc(S(=O)(=O)N2CCC3(CCCOC3)C2)c(C)c1. The van der Waals surface area contributed by atoms with Crippen LogP contribution in [-0.2, 0) is 14.8 Å². The number of sulfonamides is 1. The summed E-state index contributed by atoms with van der Waals surface area (Å²) in [6.07, 6.45) is 2.97. The van der Waals surface area contributed by atoms with Crippen molar-refractivity contribution < 1.29 is 17.9 Å². The summed E-state index contributed by atoms with van der Waals surface area (Å²) in [5.41, 5.74) is 0.751. The summed E-state index contributed by atoms with van der Waals surface area (Å²) in [6, 6.07) is 5.20. The molecule has 6 heteroatoms. The van der Waals surface area contributed by atoms with Gasteiger partial charge in [0.25, 0.3) is 0 Å². The Balaban J connectivity index is 1.82. The molecule has 1 spiro atoms. The van der Waals surface area contributed by atoms with Gasteiger partial charge < -0.3 is 9.47 Å². The van der Waals surface area contributed by atoms with Gasteiger partial charge in [0, 0.05) is 25.1 Å². The highest BCUT2D eigenvalue weighted by atomic mass is 32.2. The molecule has 23 heavy (non-hydrogen) atoms. The van der Waals surface area contributed by atoms with E-state index >= 15 is 0 Å². The fourth-order valence-electron chi connectivity index (χ4n) is 3.64. The standard InChI is InChI=1S/C17H25NO4S/c1-3-22-15-5-6-16(14(2)11-15)23(19,20)18-9-8-17(12-18)7-4-10-21-13-17/h5-6,11H,3-4,7-10,12-13H2,1-2H3. The fraction of sp³-hybridized carbons (Fsp3) is 0.647. The molecule has 0 aromatic heterocycles. The first-order valence-corrected chi connectivity index (χ1v) is 9.72. The molecule has 0 amide bonds. The van der Waals surface area contributed by atoms with E-state index in [-0.39, 0.29) is 5.41 Å². The molecule has 2 aliphatic heterocycles. The summed E-state index contributed by atoms with van der Waals surface area (Å²) in [7, 11) is -3.45. The predicted molar refractivity (Wildman–Crippen MR) is 88.2 cm³/mol. The third-order valence-corrected chi connectivity index (χ3v) is 6.89. The predicted octanol–water partition coefficient (Wildman–Crippen LogP) is 2.58. The first kappa shape index (κ1) is 16.7. The largest absolute Gasteiger partial charge is 0.494 e. The zero-order chi connectivity index (χ0) is 16.5. The van der Waals surface area contributed by atoms with Crippen molar-refractivity contribution in [3.05, 3.63) is 23.8 Å². The van der Waals surface area contributed by atoms with Crippen LogP contribution in [0.4, 0.5) is 0 Å². The van der Waals surface area contributed by atoms with Gasteiger partial charge in [-0.1, -0.05) is 0 Å². The molecule has 0 bridgehead atoms. The van der Waals surface area contributed by atoms with E-state index in [0.29, 0.717) is 36.9 Å². The summed E-state index contributed by atoms with van der Waals surface area (Å²) in [5.74, 6) is 0.711. The average molecular weight is 339 g/mol. The second-order valence-electron chi connectivity index (χ2n) is 6.61. The maximum absolute atomic E-state index is 13.0. The van der Waals surface area contributed by atoms with E-state index in [1.54, 1.807) is 22.5 Å². The minimum atomic E-state index is -3.45. The molecule has 2 saturated heterocycles. The molecule has 1 atom stereocenters. The molecule has 0 saturated carbocycles. The van der Waals surface area contributed by atoms with Crippen molar-refractivity contribution in [3.8, 4) is 5.75 Å². The lowest BCUT2D eigenvalue weighted by Crippen LogP contribution is -2.37. The Kier molecular flexibility index (Phi) is 4.67. The van der Waals surface area contributed by atoms with Gasteiger partial charge in [-0.3, -0.25) is 0 Å². The summed E-state index contributed by atoms with van der Waals surface area (Å²) < 4.78 is 38.7. The molecule has 2 aliphatic rings. The van der Waals surface area contributed by atoms with Crippen LogP contribution in [0.25, 0.3) is 0 Å². The first-order chi connectivity index (χ1) is 11.0. The number of hydrogen-bond acceptors (Lipinski definition) is 4. The lowest BCUT2D eigenvalue weighted by Gasteiger charge is -2.33. The monoisotopic (exact) mass is 339 g/mol. The molecule has 3 rings (SSSR count). The lowest BCUT2D eigenvalue weighted by molar-refractivity contribution is 0.000898. The number of hydrogen-bond donors (Lipinski definition) is 0. The molecule has 1 unspecified atom stereocenters. The van der Waals surface area contributed by atoms with Crippen LogP contribution in [-0.4, -0.2) is 45.6 Å². The van der Waals surface area contributed by atoms with E-state index < -0.39 is 10.0 Å². The number of benzene rings is 1. The van der Waals surface area contributed by atoms with Crippen LogP contribution in [0.1, 0.15) is 31.7 Å². The van der Waals surface area contributed by atoms with Crippen LogP contribution < -0.4 is 4.74 Å². The zero-order valence-electron chi connectivity index (χ0n) is 13.9. The molecule has 5 nitrogen and oxygen atoms in total. The zero-order valence-corrected chi connectivity index (χ0v) is 14.7. The Labute approximate surface area is 138 Å². The van der Waals surface area contributed by atoms with Crippen LogP contribution >= 0.6 is 0 Å². The Bertz CT molecular complexity index is 665. The second kappa shape index (κ2) is 6.42. The van der Waals surface area contributed by atoms with E-state index in [1.165, 1.54) is 0 Å². The van der Waals surface area contributed by atoms with Crippen LogP contribution in [0.5, 0.6) is 5.75 Å². The van der Waals surface area contributed by atoms with Crippen molar-refractivity contribution >= 4 is 10.0 Å². The Morgan fingerprint density at radius 2 is 2.17 bits per heavy atom. The number of rotatable bonds is 4. The summed E-state index contributed by atoms with van der Waals surface area (Å²) in [5, 5.41) is 0. The fourth-order valence-corrected chi connectivity index (χ4v) is 5.40. The smallest absolute Gasteiger partial charge is 0.243 e. The third kappa shape index (κ3) is 3.25. The third-order valence-electron chi connectivity index (χ3n) is 4.88. The Hall–Kier alpha value is -1.11. The van der Waals surface area contributed by atoms with Crippen molar-refractivity contribution in [1.82, 2.24) is 4.31 Å². The summed E-state index contributed by atoms with van der Waals surface area (Å²) in [6.45, 7) is 6.94. The second-order valence-corrected chi connectivity index (χ2v) is 8.51. The summed E-state index contributed by atoms with van der Waals surface area (Å²) >= 11 is 0. The van der Waals surface area contributed by atoms with Crippen LogP contribution in [0.2, 0.25) is 0 Å². The quantitative estimate of drug-likeness (QED) is 0.846. The highest BCUT2D eigenvalue weighted by Gasteiger charge is 2.44. The van der Waals surface area contributed by atoms with Crippen molar-refractivity contribution in [1.29, 1.82) is 0 Å². The Morgan fingerprint density at radius 3 is 2.83 bits per heavy atom. The van der Waals surface area contributed by atoms with E-state index in [2.05, 4.69) is 0 Å². The van der Waals surface area contributed by atoms with Gasteiger partial charge in [0.05, 0.1) is 18.1 Å². The molecule has 0 radical (unpaired) electrons. The topological polar surface area (TPSA) is 55.8 Å². The van der Waals surface area contributed by atoms with E-state index in [4.69, 9.17) is 9.47 Å². The van der Waals surface area contributed by atoms with Crippen molar-refractivity contribution in [2.45, 2.75) is 38.0 Å². The van der Waals surface area contributed by atoms with Crippen LogP contribution in [0.15, 0.2) is 23.1 Å². The molecule has 1 aromatic carbocycles. The number of ether oxygens (including phenoxy) is 2. The normalized spacial score (nSPS) is 25.8. The van der Waals surface area contributed by atoms with Gasteiger partial charge in [0.2, 0.25) is 10.0 Å². The van der Waals surface area contributed by atoms with Gasteiger partial charge in [-0.25, -0.2) is 8.42 Å². The van der Waals surface area contributed by atoms with Crippen molar-refractivity contribution in [2.24, 2.45) is 5.41 Å². The maximum atomic E-state index is 13.0. The van der Waals surface area contributed by atoms with Crippen LogP contribution in [0, 0.1) is 12.3 Å². The van der Waals surface area contributed by atoms with E-state index in [9.17, 15) is 8.42 Å². The minimum absolute atomic E-state index is 0.0183. The van der Waals surface area contributed by atoms with Gasteiger partial charge in [0.1, 0.15) is 5.75 Å². The van der Waals surface area contributed by atoms with Gasteiger partial charge in [-0.2, -0.15) is 4.31 Å². The van der Waals surface area contributed by atoms with E-state index in [0.717, 1.165) is 31.4 Å². The molecular formula is C17H25NO4S. The molecule has 0 N–H and O–H groups in total. The first-order valence-electron chi connectivity index (χ1n) is 8.28. The molecular weight excluding hydrogens is 314 g/mol. The lowest BCUT2D eigenvalue weighted by atomic mass is 9.82. The van der Waals surface area contributed by atoms with Gasteiger partial charge >= 0.3 is 0 Å². The molecule has 128 valence electrons. The molecule has 1 aromatic rings. The van der Waals surface area contributed by atoms with E-state index in [1.807, 2.05) is 13.8 Å². The Morgan fingerprint density at radius 1 is 1.35 bits per heavy atom. The molecule has 2 fully saturated rings.